The lowest BCUT2D eigenvalue weighted by Gasteiger charge is -2.05. The summed E-state index contributed by atoms with van der Waals surface area (Å²) >= 11 is 0. The number of Topliss-reactive ketones (excluding diaryl/α,β-unsaturated/α-hetero) is 1. The van der Waals surface area contributed by atoms with Gasteiger partial charge < -0.3 is 0 Å². The Balaban J connectivity index is 0.00000106. The van der Waals surface area contributed by atoms with Crippen molar-refractivity contribution >= 4 is 5.78 Å². The second kappa shape index (κ2) is 7.62. The van der Waals surface area contributed by atoms with Crippen LogP contribution in [0.2, 0.25) is 0 Å². The van der Waals surface area contributed by atoms with E-state index in [-0.39, 0.29) is 17.5 Å². The molecule has 2 rings (SSSR count). The smallest absolute Gasteiger partial charge is 0.170 e. The molecule has 0 saturated heterocycles. The van der Waals surface area contributed by atoms with Gasteiger partial charge in [-0.15, -0.1) is 0 Å². The third-order valence-electron chi connectivity index (χ3n) is 2.79. The van der Waals surface area contributed by atoms with E-state index in [0.29, 0.717) is 11.6 Å². The fourth-order valence-corrected chi connectivity index (χ4v) is 1.78. The van der Waals surface area contributed by atoms with E-state index < -0.39 is 23.2 Å². The number of hydrogen-bond acceptors (Lipinski definition) is 1. The second-order valence-electron chi connectivity index (χ2n) is 4.32. The van der Waals surface area contributed by atoms with Crippen molar-refractivity contribution in [1.29, 1.82) is 0 Å². The lowest BCUT2D eigenvalue weighted by molar-refractivity contribution is 0.0988. The maximum absolute atomic E-state index is 13.6. The van der Waals surface area contributed by atoms with E-state index in [2.05, 4.69) is 0 Å². The van der Waals surface area contributed by atoms with Gasteiger partial charge in [0, 0.05) is 12.5 Å². The summed E-state index contributed by atoms with van der Waals surface area (Å²) < 4.78 is 39.7. The van der Waals surface area contributed by atoms with Crippen molar-refractivity contribution < 1.29 is 18.0 Å². The zero-order valence-electron chi connectivity index (χ0n) is 12.2. The third kappa shape index (κ3) is 4.45. The van der Waals surface area contributed by atoms with Crippen LogP contribution in [0.25, 0.3) is 0 Å². The van der Waals surface area contributed by atoms with E-state index >= 15 is 0 Å². The molecule has 0 aromatic heterocycles. The lowest BCUT2D eigenvalue weighted by atomic mass is 10.0. The number of ketones is 1. The van der Waals surface area contributed by atoms with Crippen molar-refractivity contribution in [3.05, 3.63) is 70.5 Å². The highest BCUT2D eigenvalue weighted by atomic mass is 19.1. The van der Waals surface area contributed by atoms with Gasteiger partial charge in [0.2, 0.25) is 0 Å². The number of carbonyl (C=O) groups is 1. The second-order valence-corrected chi connectivity index (χ2v) is 4.32. The highest BCUT2D eigenvalue weighted by Crippen LogP contribution is 2.16. The van der Waals surface area contributed by atoms with Crippen LogP contribution in [-0.2, 0) is 6.42 Å². The van der Waals surface area contributed by atoms with Crippen LogP contribution in [-0.4, -0.2) is 5.78 Å². The molecule has 0 radical (unpaired) electrons. The molecule has 0 heterocycles. The molecule has 2 aromatic rings. The van der Waals surface area contributed by atoms with Gasteiger partial charge in [0.05, 0.1) is 5.56 Å². The van der Waals surface area contributed by atoms with Crippen LogP contribution in [0.5, 0.6) is 0 Å². The molecule has 0 bridgehead atoms. The van der Waals surface area contributed by atoms with Crippen LogP contribution in [0.15, 0.2) is 36.4 Å². The molecule has 112 valence electrons. The topological polar surface area (TPSA) is 17.1 Å². The van der Waals surface area contributed by atoms with Gasteiger partial charge >= 0.3 is 0 Å². The molecule has 1 nitrogen and oxygen atoms in total. The van der Waals surface area contributed by atoms with E-state index in [4.69, 9.17) is 0 Å². The van der Waals surface area contributed by atoms with Crippen LogP contribution in [0.3, 0.4) is 0 Å². The van der Waals surface area contributed by atoms with Gasteiger partial charge in [-0.2, -0.15) is 0 Å². The van der Waals surface area contributed by atoms with E-state index in [1.165, 1.54) is 18.2 Å². The Bertz CT molecular complexity index is 636. The lowest BCUT2D eigenvalue weighted by Crippen LogP contribution is -2.08. The predicted octanol–water partition coefficient (Wildman–Crippen LogP) is 4.86. The first-order chi connectivity index (χ1) is 9.97. The highest BCUT2D eigenvalue weighted by Gasteiger charge is 2.14. The van der Waals surface area contributed by atoms with Crippen LogP contribution >= 0.6 is 0 Å². The molecule has 0 aliphatic heterocycles. The molecule has 0 amide bonds. The predicted molar refractivity (Wildman–Crippen MR) is 76.9 cm³/mol. The van der Waals surface area contributed by atoms with Crippen molar-refractivity contribution in [2.75, 3.05) is 0 Å². The number of halogens is 3. The summed E-state index contributed by atoms with van der Waals surface area (Å²) in [7, 11) is 0. The first-order valence-electron chi connectivity index (χ1n) is 6.70. The largest absolute Gasteiger partial charge is 0.294 e. The quantitative estimate of drug-likeness (QED) is 0.738. The Morgan fingerprint density at radius 2 is 1.62 bits per heavy atom. The average molecular weight is 294 g/mol. The zero-order valence-corrected chi connectivity index (χ0v) is 12.2. The number of carbonyl (C=O) groups excluding carboxylic acids is 1. The summed E-state index contributed by atoms with van der Waals surface area (Å²) in [6, 6.07) is 7.18. The Morgan fingerprint density at radius 1 is 0.952 bits per heavy atom. The van der Waals surface area contributed by atoms with Gasteiger partial charge in [-0.3, -0.25) is 4.79 Å². The maximum atomic E-state index is 13.6. The highest BCUT2D eigenvalue weighted by molar-refractivity contribution is 5.97. The van der Waals surface area contributed by atoms with E-state index in [9.17, 15) is 18.0 Å². The average Bonchev–Trinajstić information content (AvgIpc) is 2.44. The van der Waals surface area contributed by atoms with Crippen molar-refractivity contribution in [2.45, 2.75) is 27.2 Å². The SMILES string of the molecule is CC.Cc1ccc(C(=O)Cc2ccc(F)cc2F)c(F)c1. The Morgan fingerprint density at radius 3 is 2.19 bits per heavy atom. The maximum Gasteiger partial charge on any atom is 0.170 e. The first-order valence-corrected chi connectivity index (χ1v) is 6.70. The van der Waals surface area contributed by atoms with Gasteiger partial charge in [-0.1, -0.05) is 26.0 Å². The summed E-state index contributed by atoms with van der Waals surface area (Å²) in [5, 5.41) is 0. The van der Waals surface area contributed by atoms with Gasteiger partial charge in [0.25, 0.3) is 0 Å². The standard InChI is InChI=1S/C15H11F3O.C2H6/c1-9-2-5-12(14(18)6-9)15(19)7-10-3-4-11(16)8-13(10)17;1-2/h2-6,8H,7H2,1H3;1-2H3. The van der Waals surface area contributed by atoms with Gasteiger partial charge in [-0.05, 0) is 36.2 Å². The molecule has 0 N–H and O–H groups in total. The summed E-state index contributed by atoms with van der Waals surface area (Å²) in [5.74, 6) is -2.69. The minimum atomic E-state index is -0.805. The van der Waals surface area contributed by atoms with E-state index in [1.54, 1.807) is 13.0 Å². The molecular weight excluding hydrogens is 277 g/mol. The van der Waals surface area contributed by atoms with Crippen LogP contribution in [0, 0.1) is 24.4 Å². The fourth-order valence-electron chi connectivity index (χ4n) is 1.78. The number of hydrogen-bond donors (Lipinski definition) is 0. The van der Waals surface area contributed by atoms with Crippen molar-refractivity contribution in [3.63, 3.8) is 0 Å². The number of rotatable bonds is 3. The van der Waals surface area contributed by atoms with Crippen LogP contribution in [0.1, 0.15) is 35.3 Å². The van der Waals surface area contributed by atoms with Crippen molar-refractivity contribution in [1.82, 2.24) is 0 Å². The molecule has 0 fully saturated rings. The summed E-state index contributed by atoms with van der Waals surface area (Å²) in [4.78, 5) is 11.9. The zero-order chi connectivity index (χ0) is 16.0. The minimum Gasteiger partial charge on any atom is -0.294 e. The van der Waals surface area contributed by atoms with Crippen LogP contribution in [0.4, 0.5) is 13.2 Å². The molecular formula is C17H17F3O. The third-order valence-corrected chi connectivity index (χ3v) is 2.79. The normalized spacial score (nSPS) is 9.81. The number of aryl methyl sites for hydroxylation is 1. The molecule has 0 saturated carbocycles. The minimum absolute atomic E-state index is 0.0476. The molecule has 2 aromatic carbocycles. The van der Waals surface area contributed by atoms with Gasteiger partial charge in [0.1, 0.15) is 17.5 Å². The van der Waals surface area contributed by atoms with E-state index in [0.717, 1.165) is 6.07 Å². The molecule has 0 aliphatic carbocycles. The van der Waals surface area contributed by atoms with Crippen molar-refractivity contribution in [2.24, 2.45) is 0 Å². The van der Waals surface area contributed by atoms with Crippen molar-refractivity contribution in [3.8, 4) is 0 Å². The molecule has 0 spiro atoms. The number of benzene rings is 2. The Labute approximate surface area is 122 Å². The monoisotopic (exact) mass is 294 g/mol. The Kier molecular flexibility index (Phi) is 6.15. The molecule has 0 aliphatic rings. The van der Waals surface area contributed by atoms with E-state index in [1.807, 2.05) is 13.8 Å². The molecule has 4 heteroatoms. The first kappa shape index (κ1) is 17.0. The molecule has 0 unspecified atom stereocenters. The fraction of sp³-hybridized carbons (Fsp3) is 0.235. The van der Waals surface area contributed by atoms with Crippen LogP contribution < -0.4 is 0 Å². The van der Waals surface area contributed by atoms with Gasteiger partial charge in [-0.25, -0.2) is 13.2 Å². The van der Waals surface area contributed by atoms with Gasteiger partial charge in [0.15, 0.2) is 5.78 Å². The molecule has 0 atom stereocenters. The Hall–Kier alpha value is -2.10. The summed E-state index contributed by atoms with van der Waals surface area (Å²) in [6.45, 7) is 5.71. The summed E-state index contributed by atoms with van der Waals surface area (Å²) in [6.07, 6.45) is -0.300. The summed E-state index contributed by atoms with van der Waals surface area (Å²) in [5.41, 5.74) is 0.655. The molecule has 21 heavy (non-hydrogen) atoms.